The van der Waals surface area contributed by atoms with Gasteiger partial charge in [-0.15, -0.1) is 0 Å². The van der Waals surface area contributed by atoms with Gasteiger partial charge in [0, 0.05) is 30.2 Å². The largest absolute Gasteiger partial charge is 0.310 e. The number of anilines is 1. The van der Waals surface area contributed by atoms with Crippen LogP contribution in [-0.2, 0) is 14.8 Å². The second-order valence-electron chi connectivity index (χ2n) is 6.34. The van der Waals surface area contributed by atoms with E-state index in [-0.39, 0.29) is 16.7 Å². The van der Waals surface area contributed by atoms with Crippen molar-refractivity contribution in [3.05, 3.63) is 53.2 Å². The number of hydrogen-bond donors (Lipinski definition) is 1. The van der Waals surface area contributed by atoms with Crippen molar-refractivity contribution in [3.8, 4) is 0 Å². The summed E-state index contributed by atoms with van der Waals surface area (Å²) in [4.78, 5) is 16.8. The fourth-order valence-electron chi connectivity index (χ4n) is 2.88. The predicted octanol–water partition coefficient (Wildman–Crippen LogP) is 3.08. The zero-order valence-corrected chi connectivity index (χ0v) is 15.9. The fraction of sp³-hybridized carbons (Fsp3) is 0.333. The van der Waals surface area contributed by atoms with Crippen LogP contribution in [0.15, 0.2) is 47.5 Å². The molecule has 138 valence electrons. The Bertz CT molecular complexity index is 875. The van der Waals surface area contributed by atoms with Gasteiger partial charge in [0.15, 0.2) is 0 Å². The summed E-state index contributed by atoms with van der Waals surface area (Å²) in [6.07, 6.45) is 2.64. The lowest BCUT2D eigenvalue weighted by Crippen LogP contribution is -2.41. The molecule has 2 aromatic rings. The van der Waals surface area contributed by atoms with Gasteiger partial charge < -0.3 is 5.32 Å². The average molecular weight is 394 g/mol. The number of carbonyl (C=O) groups excluding carboxylic acids is 1. The second kappa shape index (κ2) is 7.73. The van der Waals surface area contributed by atoms with Crippen LogP contribution in [0.1, 0.15) is 18.4 Å². The minimum atomic E-state index is -3.56. The Morgan fingerprint density at radius 3 is 2.38 bits per heavy atom. The molecule has 0 atom stereocenters. The molecule has 26 heavy (non-hydrogen) atoms. The maximum Gasteiger partial charge on any atom is 0.243 e. The number of benzene rings is 1. The molecular weight excluding hydrogens is 374 g/mol. The minimum absolute atomic E-state index is 0.120. The molecule has 1 aromatic heterocycles. The highest BCUT2D eigenvalue weighted by molar-refractivity contribution is 7.89. The number of amides is 1. The molecule has 0 radical (unpaired) electrons. The highest BCUT2D eigenvalue weighted by Crippen LogP contribution is 2.25. The van der Waals surface area contributed by atoms with Gasteiger partial charge in [-0.25, -0.2) is 13.4 Å². The third-order valence-electron chi connectivity index (χ3n) is 4.44. The van der Waals surface area contributed by atoms with E-state index in [1.165, 1.54) is 16.4 Å². The first-order chi connectivity index (χ1) is 12.4. The van der Waals surface area contributed by atoms with Crippen LogP contribution in [0, 0.1) is 12.8 Å². The standard InChI is InChI=1S/C18H20ClN3O3S/c1-13-2-7-17(20-12-13)21-18(23)14-8-10-22(11-9-14)26(24,25)16-5-3-15(19)4-6-16/h2-7,12,14H,8-11H2,1H3,(H,20,21,23). The van der Waals surface area contributed by atoms with E-state index in [0.29, 0.717) is 36.8 Å². The third kappa shape index (κ3) is 4.23. The number of aryl methyl sites for hydroxylation is 1. The number of pyridine rings is 1. The summed E-state index contributed by atoms with van der Waals surface area (Å²) in [6.45, 7) is 2.55. The zero-order chi connectivity index (χ0) is 18.7. The van der Waals surface area contributed by atoms with E-state index in [4.69, 9.17) is 11.6 Å². The lowest BCUT2D eigenvalue weighted by Gasteiger charge is -2.30. The summed E-state index contributed by atoms with van der Waals surface area (Å²) in [5, 5.41) is 3.29. The molecule has 2 heterocycles. The maximum atomic E-state index is 12.7. The number of carbonyl (C=O) groups is 1. The number of sulfonamides is 1. The Morgan fingerprint density at radius 2 is 1.81 bits per heavy atom. The summed E-state index contributed by atoms with van der Waals surface area (Å²) < 4.78 is 26.8. The van der Waals surface area contributed by atoms with Gasteiger partial charge in [0.1, 0.15) is 5.82 Å². The highest BCUT2D eigenvalue weighted by Gasteiger charge is 2.32. The third-order valence-corrected chi connectivity index (χ3v) is 6.60. The van der Waals surface area contributed by atoms with Crippen LogP contribution in [0.3, 0.4) is 0 Å². The second-order valence-corrected chi connectivity index (χ2v) is 8.72. The molecule has 1 aliphatic heterocycles. The Labute approximate surface area is 158 Å². The first-order valence-corrected chi connectivity index (χ1v) is 10.2. The first kappa shape index (κ1) is 18.8. The predicted molar refractivity (Wildman–Crippen MR) is 101 cm³/mol. The van der Waals surface area contributed by atoms with E-state index in [9.17, 15) is 13.2 Å². The van der Waals surface area contributed by atoms with Gasteiger partial charge in [0.25, 0.3) is 0 Å². The van der Waals surface area contributed by atoms with Gasteiger partial charge in [-0.3, -0.25) is 4.79 Å². The van der Waals surface area contributed by atoms with E-state index < -0.39 is 10.0 Å². The summed E-state index contributed by atoms with van der Waals surface area (Å²) in [5.74, 6) is 0.163. The van der Waals surface area contributed by atoms with Gasteiger partial charge in [0.2, 0.25) is 15.9 Å². The fourth-order valence-corrected chi connectivity index (χ4v) is 4.48. The molecule has 0 saturated carbocycles. The number of nitrogens with zero attached hydrogens (tertiary/aromatic N) is 2. The van der Waals surface area contributed by atoms with Crippen molar-refractivity contribution in [1.29, 1.82) is 0 Å². The highest BCUT2D eigenvalue weighted by atomic mass is 35.5. The van der Waals surface area contributed by atoms with Crippen molar-refractivity contribution < 1.29 is 13.2 Å². The molecule has 0 unspecified atom stereocenters. The minimum Gasteiger partial charge on any atom is -0.310 e. The van der Waals surface area contributed by atoms with E-state index in [2.05, 4.69) is 10.3 Å². The van der Waals surface area contributed by atoms with E-state index in [1.54, 1.807) is 24.4 Å². The number of nitrogens with one attached hydrogen (secondary N) is 1. The first-order valence-electron chi connectivity index (χ1n) is 8.35. The Morgan fingerprint density at radius 1 is 1.15 bits per heavy atom. The lowest BCUT2D eigenvalue weighted by atomic mass is 9.97. The number of aromatic nitrogens is 1. The number of hydrogen-bond acceptors (Lipinski definition) is 4. The van der Waals surface area contributed by atoms with Gasteiger partial charge in [-0.1, -0.05) is 17.7 Å². The zero-order valence-electron chi connectivity index (χ0n) is 14.4. The Kier molecular flexibility index (Phi) is 5.60. The van der Waals surface area contributed by atoms with E-state index >= 15 is 0 Å². The molecule has 3 rings (SSSR count). The normalized spacial score (nSPS) is 16.4. The Hall–Kier alpha value is -1.96. The van der Waals surface area contributed by atoms with Gasteiger partial charge in [-0.05, 0) is 55.7 Å². The van der Waals surface area contributed by atoms with Crippen molar-refractivity contribution in [1.82, 2.24) is 9.29 Å². The summed E-state index contributed by atoms with van der Waals surface area (Å²) >= 11 is 5.82. The van der Waals surface area contributed by atoms with E-state index in [1.807, 2.05) is 13.0 Å². The van der Waals surface area contributed by atoms with Crippen molar-refractivity contribution in [2.75, 3.05) is 18.4 Å². The van der Waals surface area contributed by atoms with Gasteiger partial charge in [-0.2, -0.15) is 4.31 Å². The smallest absolute Gasteiger partial charge is 0.243 e. The van der Waals surface area contributed by atoms with Crippen molar-refractivity contribution >= 4 is 33.3 Å². The van der Waals surface area contributed by atoms with Crippen molar-refractivity contribution in [2.24, 2.45) is 5.92 Å². The van der Waals surface area contributed by atoms with Gasteiger partial charge in [0.05, 0.1) is 4.90 Å². The molecule has 0 bridgehead atoms. The molecule has 6 nitrogen and oxygen atoms in total. The molecule has 0 spiro atoms. The average Bonchev–Trinajstić information content (AvgIpc) is 2.64. The molecular formula is C18H20ClN3O3S. The molecule has 0 aliphatic carbocycles. The van der Waals surface area contributed by atoms with Crippen LogP contribution >= 0.6 is 11.6 Å². The van der Waals surface area contributed by atoms with Crippen LogP contribution in [-0.4, -0.2) is 36.7 Å². The van der Waals surface area contributed by atoms with Crippen LogP contribution in [0.4, 0.5) is 5.82 Å². The summed E-state index contributed by atoms with van der Waals surface area (Å²) in [7, 11) is -3.56. The molecule has 1 aromatic carbocycles. The molecule has 1 N–H and O–H groups in total. The maximum absolute atomic E-state index is 12.7. The quantitative estimate of drug-likeness (QED) is 0.865. The molecule has 1 fully saturated rings. The van der Waals surface area contributed by atoms with Crippen LogP contribution in [0.5, 0.6) is 0 Å². The SMILES string of the molecule is Cc1ccc(NC(=O)C2CCN(S(=O)(=O)c3ccc(Cl)cc3)CC2)nc1. The van der Waals surface area contributed by atoms with Crippen molar-refractivity contribution in [3.63, 3.8) is 0 Å². The molecule has 1 saturated heterocycles. The topological polar surface area (TPSA) is 79.4 Å². The van der Waals surface area contributed by atoms with Crippen LogP contribution in [0.25, 0.3) is 0 Å². The summed E-state index contributed by atoms with van der Waals surface area (Å²) in [6, 6.07) is 9.75. The van der Waals surface area contributed by atoms with Crippen LogP contribution < -0.4 is 5.32 Å². The molecule has 8 heteroatoms. The van der Waals surface area contributed by atoms with E-state index in [0.717, 1.165) is 5.56 Å². The van der Waals surface area contributed by atoms with Crippen LogP contribution in [0.2, 0.25) is 5.02 Å². The number of piperidine rings is 1. The summed E-state index contributed by atoms with van der Waals surface area (Å²) in [5.41, 5.74) is 1.02. The van der Waals surface area contributed by atoms with Gasteiger partial charge >= 0.3 is 0 Å². The number of halogens is 1. The Balaban J connectivity index is 1.60. The lowest BCUT2D eigenvalue weighted by molar-refractivity contribution is -0.120. The monoisotopic (exact) mass is 393 g/mol. The number of rotatable bonds is 4. The molecule has 1 amide bonds. The van der Waals surface area contributed by atoms with Crippen molar-refractivity contribution in [2.45, 2.75) is 24.7 Å². The molecule has 1 aliphatic rings.